The second kappa shape index (κ2) is 8.21. The van der Waals surface area contributed by atoms with E-state index in [0.29, 0.717) is 17.5 Å². The third kappa shape index (κ3) is 5.47. The Bertz CT molecular complexity index is 744. The van der Waals surface area contributed by atoms with Crippen molar-refractivity contribution in [3.8, 4) is 0 Å². The van der Waals surface area contributed by atoms with Crippen molar-refractivity contribution in [2.45, 2.75) is 32.1 Å². The molecule has 0 aliphatic rings. The number of hydrogen-bond acceptors (Lipinski definition) is 1. The van der Waals surface area contributed by atoms with E-state index >= 15 is 0 Å². The number of amides is 2. The van der Waals surface area contributed by atoms with Gasteiger partial charge in [0, 0.05) is 19.6 Å². The Balaban J connectivity index is 1.90. The van der Waals surface area contributed by atoms with Gasteiger partial charge in [0.05, 0.1) is 5.56 Å². The lowest BCUT2D eigenvalue weighted by Gasteiger charge is -2.22. The van der Waals surface area contributed by atoms with E-state index in [1.54, 1.807) is 32.2 Å². The van der Waals surface area contributed by atoms with E-state index in [2.05, 4.69) is 5.32 Å². The number of rotatable bonds is 5. The van der Waals surface area contributed by atoms with E-state index in [9.17, 15) is 22.4 Å². The zero-order chi connectivity index (χ0) is 19.3. The summed E-state index contributed by atoms with van der Waals surface area (Å²) in [6.07, 6.45) is -4.05. The topological polar surface area (TPSA) is 32.3 Å². The molecule has 2 amide bonds. The first-order chi connectivity index (χ1) is 12.2. The number of halogens is 4. The fraction of sp³-hybridized carbons (Fsp3) is 0.316. The molecule has 0 saturated heterocycles. The fourth-order valence-corrected chi connectivity index (χ4v) is 2.51. The molecule has 0 spiro atoms. The first-order valence-corrected chi connectivity index (χ1v) is 8.08. The Labute approximate surface area is 149 Å². The molecule has 140 valence electrons. The minimum Gasteiger partial charge on any atom is -0.335 e. The normalized spacial score (nSPS) is 12.5. The highest BCUT2D eigenvalue weighted by molar-refractivity contribution is 5.74. The molecule has 0 aliphatic heterocycles. The van der Waals surface area contributed by atoms with Crippen LogP contribution >= 0.6 is 0 Å². The van der Waals surface area contributed by atoms with Crippen LogP contribution in [-0.2, 0) is 19.1 Å². The molecule has 26 heavy (non-hydrogen) atoms. The summed E-state index contributed by atoms with van der Waals surface area (Å²) in [6, 6.07) is 10.3. The zero-order valence-corrected chi connectivity index (χ0v) is 14.5. The van der Waals surface area contributed by atoms with E-state index in [1.165, 1.54) is 23.1 Å². The summed E-state index contributed by atoms with van der Waals surface area (Å²) in [4.78, 5) is 13.6. The van der Waals surface area contributed by atoms with E-state index < -0.39 is 11.7 Å². The zero-order valence-electron chi connectivity index (χ0n) is 14.5. The first-order valence-electron chi connectivity index (χ1n) is 8.08. The molecule has 0 heterocycles. The van der Waals surface area contributed by atoms with Crippen LogP contribution in [0.2, 0.25) is 0 Å². The molecule has 0 fully saturated rings. The van der Waals surface area contributed by atoms with Gasteiger partial charge in [0.15, 0.2) is 0 Å². The Morgan fingerprint density at radius 3 is 2.31 bits per heavy atom. The van der Waals surface area contributed by atoms with Gasteiger partial charge >= 0.3 is 12.2 Å². The monoisotopic (exact) mass is 368 g/mol. The van der Waals surface area contributed by atoms with Crippen LogP contribution < -0.4 is 5.32 Å². The third-order valence-electron chi connectivity index (χ3n) is 3.90. The van der Waals surface area contributed by atoms with Gasteiger partial charge in [-0.2, -0.15) is 13.2 Å². The van der Waals surface area contributed by atoms with Crippen LogP contribution in [0.1, 0.15) is 23.6 Å². The number of urea groups is 1. The maximum Gasteiger partial charge on any atom is 0.416 e. The second-order valence-electron chi connectivity index (χ2n) is 6.20. The average molecular weight is 368 g/mol. The minimum atomic E-state index is -4.38. The van der Waals surface area contributed by atoms with Gasteiger partial charge in [-0.25, -0.2) is 9.18 Å². The summed E-state index contributed by atoms with van der Waals surface area (Å²) >= 11 is 0. The Kier molecular flexibility index (Phi) is 6.23. The summed E-state index contributed by atoms with van der Waals surface area (Å²) < 4.78 is 51.3. The van der Waals surface area contributed by atoms with Gasteiger partial charge in [-0.15, -0.1) is 0 Å². The van der Waals surface area contributed by atoms with Gasteiger partial charge in [-0.1, -0.05) is 30.3 Å². The van der Waals surface area contributed by atoms with Gasteiger partial charge < -0.3 is 10.2 Å². The molecule has 2 aromatic rings. The standard InChI is InChI=1S/C19H20F4N2O/c1-13(11-15-5-3-4-6-17(15)20)24-18(26)25(2)12-14-7-9-16(10-8-14)19(21,22)23/h3-10,13H,11-12H2,1-2H3,(H,24,26)/t13-/m1/s1. The maximum absolute atomic E-state index is 13.6. The predicted octanol–water partition coefficient (Wildman–Crippen LogP) is 4.62. The predicted molar refractivity (Wildman–Crippen MR) is 91.0 cm³/mol. The van der Waals surface area contributed by atoms with E-state index in [-0.39, 0.29) is 24.4 Å². The largest absolute Gasteiger partial charge is 0.416 e. The van der Waals surface area contributed by atoms with Gasteiger partial charge in [-0.3, -0.25) is 0 Å². The van der Waals surface area contributed by atoms with E-state index in [4.69, 9.17) is 0 Å². The second-order valence-corrected chi connectivity index (χ2v) is 6.20. The molecule has 0 bridgehead atoms. The lowest BCUT2D eigenvalue weighted by Crippen LogP contribution is -2.42. The van der Waals surface area contributed by atoms with Crippen molar-refractivity contribution in [1.82, 2.24) is 10.2 Å². The highest BCUT2D eigenvalue weighted by Crippen LogP contribution is 2.29. The van der Waals surface area contributed by atoms with Crippen molar-refractivity contribution in [2.75, 3.05) is 7.05 Å². The van der Waals surface area contributed by atoms with Crippen molar-refractivity contribution in [2.24, 2.45) is 0 Å². The Hall–Kier alpha value is -2.57. The number of carbonyl (C=O) groups is 1. The van der Waals surface area contributed by atoms with Crippen LogP contribution in [0, 0.1) is 5.82 Å². The highest BCUT2D eigenvalue weighted by Gasteiger charge is 2.30. The van der Waals surface area contributed by atoms with Crippen LogP contribution in [0.5, 0.6) is 0 Å². The molecule has 0 saturated carbocycles. The van der Waals surface area contributed by atoms with E-state index in [1.807, 2.05) is 0 Å². The number of hydrogen-bond donors (Lipinski definition) is 1. The summed E-state index contributed by atoms with van der Waals surface area (Å²) in [5.41, 5.74) is 0.356. The summed E-state index contributed by atoms with van der Waals surface area (Å²) in [6.45, 7) is 1.92. The molecule has 0 radical (unpaired) electrons. The fourth-order valence-electron chi connectivity index (χ4n) is 2.51. The molecule has 0 aliphatic carbocycles. The van der Waals surface area contributed by atoms with Gasteiger partial charge in [0.1, 0.15) is 5.82 Å². The van der Waals surface area contributed by atoms with Crippen molar-refractivity contribution < 1.29 is 22.4 Å². The molecular formula is C19H20F4N2O. The lowest BCUT2D eigenvalue weighted by atomic mass is 10.1. The molecule has 0 unspecified atom stereocenters. The van der Waals surface area contributed by atoms with Crippen molar-refractivity contribution >= 4 is 6.03 Å². The molecule has 2 aromatic carbocycles. The highest BCUT2D eigenvalue weighted by atomic mass is 19.4. The van der Waals surface area contributed by atoms with Crippen molar-refractivity contribution in [3.05, 3.63) is 71.0 Å². The average Bonchev–Trinajstić information content (AvgIpc) is 2.56. The quantitative estimate of drug-likeness (QED) is 0.768. The van der Waals surface area contributed by atoms with Crippen molar-refractivity contribution in [3.63, 3.8) is 0 Å². The molecule has 2 rings (SSSR count). The SMILES string of the molecule is C[C@H](Cc1ccccc1F)NC(=O)N(C)Cc1ccc(C(F)(F)F)cc1. The molecule has 1 atom stereocenters. The molecule has 1 N–H and O–H groups in total. The number of carbonyl (C=O) groups excluding carboxylic acids is 1. The lowest BCUT2D eigenvalue weighted by molar-refractivity contribution is -0.137. The van der Waals surface area contributed by atoms with Crippen molar-refractivity contribution in [1.29, 1.82) is 0 Å². The molecule has 7 heteroatoms. The van der Waals surface area contributed by atoms with Crippen LogP contribution in [-0.4, -0.2) is 24.0 Å². The van der Waals surface area contributed by atoms with Crippen LogP contribution in [0.25, 0.3) is 0 Å². The van der Waals surface area contributed by atoms with E-state index in [0.717, 1.165) is 12.1 Å². The smallest absolute Gasteiger partial charge is 0.335 e. The summed E-state index contributed by atoms with van der Waals surface area (Å²) in [5, 5.41) is 2.75. The van der Waals surface area contributed by atoms with Gasteiger partial charge in [0.25, 0.3) is 0 Å². The minimum absolute atomic E-state index is 0.163. The number of benzene rings is 2. The Morgan fingerprint density at radius 1 is 1.12 bits per heavy atom. The summed E-state index contributed by atoms with van der Waals surface area (Å²) in [7, 11) is 1.54. The van der Waals surface area contributed by atoms with Gasteiger partial charge in [-0.05, 0) is 42.7 Å². The molecule has 3 nitrogen and oxygen atoms in total. The molecular weight excluding hydrogens is 348 g/mol. The van der Waals surface area contributed by atoms with Crippen LogP contribution in [0.15, 0.2) is 48.5 Å². The third-order valence-corrected chi connectivity index (χ3v) is 3.90. The van der Waals surface area contributed by atoms with Crippen LogP contribution in [0.4, 0.5) is 22.4 Å². The number of nitrogens with zero attached hydrogens (tertiary/aromatic N) is 1. The Morgan fingerprint density at radius 2 is 1.73 bits per heavy atom. The number of nitrogens with one attached hydrogen (secondary N) is 1. The summed E-state index contributed by atoms with van der Waals surface area (Å²) in [5.74, 6) is -0.327. The molecule has 0 aromatic heterocycles. The van der Waals surface area contributed by atoms with Crippen LogP contribution in [0.3, 0.4) is 0 Å². The van der Waals surface area contributed by atoms with Gasteiger partial charge in [0.2, 0.25) is 0 Å². The first kappa shape index (κ1) is 19.8. The maximum atomic E-state index is 13.6. The number of alkyl halides is 3.